The van der Waals surface area contributed by atoms with E-state index in [0.717, 1.165) is 12.1 Å². The van der Waals surface area contributed by atoms with Crippen LogP contribution in [0.15, 0.2) is 24.3 Å². The Hall–Kier alpha value is -1.76. The SMILES string of the molecule is CC(C)(C)OC(=O)N(Cc1cccc(C(F)(F)F)c1)C1CNC1. The van der Waals surface area contributed by atoms with Crippen molar-refractivity contribution < 1.29 is 22.7 Å². The largest absolute Gasteiger partial charge is 0.444 e. The van der Waals surface area contributed by atoms with E-state index in [-0.39, 0.29) is 12.6 Å². The van der Waals surface area contributed by atoms with Crippen LogP contribution in [0.4, 0.5) is 18.0 Å². The summed E-state index contributed by atoms with van der Waals surface area (Å²) in [7, 11) is 0. The maximum atomic E-state index is 12.8. The first-order valence-electron chi connectivity index (χ1n) is 7.43. The number of carbonyl (C=O) groups is 1. The molecule has 2 rings (SSSR count). The number of nitrogens with zero attached hydrogens (tertiary/aromatic N) is 1. The lowest BCUT2D eigenvalue weighted by molar-refractivity contribution is -0.137. The topological polar surface area (TPSA) is 41.6 Å². The number of hydrogen-bond acceptors (Lipinski definition) is 3. The zero-order valence-electron chi connectivity index (χ0n) is 13.4. The summed E-state index contributed by atoms with van der Waals surface area (Å²) >= 11 is 0. The van der Waals surface area contributed by atoms with Gasteiger partial charge in [-0.1, -0.05) is 12.1 Å². The highest BCUT2D eigenvalue weighted by molar-refractivity contribution is 5.69. The average Bonchev–Trinajstić information content (AvgIpc) is 2.33. The molecule has 0 atom stereocenters. The van der Waals surface area contributed by atoms with E-state index in [1.54, 1.807) is 26.8 Å². The number of carbonyl (C=O) groups excluding carboxylic acids is 1. The van der Waals surface area contributed by atoms with E-state index < -0.39 is 23.4 Å². The number of benzene rings is 1. The highest BCUT2D eigenvalue weighted by Gasteiger charge is 2.33. The Labute approximate surface area is 133 Å². The van der Waals surface area contributed by atoms with Gasteiger partial charge in [0.1, 0.15) is 5.60 Å². The third-order valence-corrected chi connectivity index (χ3v) is 3.44. The van der Waals surface area contributed by atoms with Crippen LogP contribution in [0, 0.1) is 0 Å². The highest BCUT2D eigenvalue weighted by Crippen LogP contribution is 2.30. The normalized spacial score (nSPS) is 15.9. The van der Waals surface area contributed by atoms with Gasteiger partial charge in [0.05, 0.1) is 11.6 Å². The Morgan fingerprint density at radius 2 is 1.96 bits per heavy atom. The molecule has 0 bridgehead atoms. The number of alkyl halides is 3. The van der Waals surface area contributed by atoms with E-state index in [1.165, 1.54) is 11.0 Å². The van der Waals surface area contributed by atoms with E-state index in [4.69, 9.17) is 4.74 Å². The molecule has 1 amide bonds. The van der Waals surface area contributed by atoms with Crippen molar-refractivity contribution >= 4 is 6.09 Å². The molecule has 0 spiro atoms. The Morgan fingerprint density at radius 3 is 2.43 bits per heavy atom. The van der Waals surface area contributed by atoms with E-state index in [9.17, 15) is 18.0 Å². The van der Waals surface area contributed by atoms with Crippen LogP contribution in [0.5, 0.6) is 0 Å². The van der Waals surface area contributed by atoms with Crippen molar-refractivity contribution in [1.82, 2.24) is 10.2 Å². The molecule has 1 aromatic rings. The fourth-order valence-electron chi connectivity index (χ4n) is 2.20. The molecule has 1 aliphatic rings. The molecule has 1 saturated heterocycles. The van der Waals surface area contributed by atoms with Crippen LogP contribution >= 0.6 is 0 Å². The van der Waals surface area contributed by atoms with Crippen LogP contribution in [-0.2, 0) is 17.5 Å². The zero-order valence-corrected chi connectivity index (χ0v) is 13.4. The number of halogens is 3. The molecule has 4 nitrogen and oxygen atoms in total. The first-order chi connectivity index (χ1) is 10.6. The van der Waals surface area contributed by atoms with E-state index in [1.807, 2.05) is 0 Å². The lowest BCUT2D eigenvalue weighted by atomic mass is 10.1. The minimum Gasteiger partial charge on any atom is -0.444 e. The van der Waals surface area contributed by atoms with Crippen molar-refractivity contribution in [3.63, 3.8) is 0 Å². The second kappa shape index (κ2) is 6.39. The monoisotopic (exact) mass is 330 g/mol. The molecule has 1 heterocycles. The van der Waals surface area contributed by atoms with Crippen molar-refractivity contribution in [3.05, 3.63) is 35.4 Å². The van der Waals surface area contributed by atoms with Gasteiger partial charge in [0.25, 0.3) is 0 Å². The predicted octanol–water partition coefficient (Wildman–Crippen LogP) is 3.41. The summed E-state index contributed by atoms with van der Waals surface area (Å²) in [6, 6.07) is 4.96. The van der Waals surface area contributed by atoms with Crippen LogP contribution < -0.4 is 5.32 Å². The van der Waals surface area contributed by atoms with Crippen LogP contribution in [0.25, 0.3) is 0 Å². The van der Waals surface area contributed by atoms with Crippen molar-refractivity contribution in [1.29, 1.82) is 0 Å². The lowest BCUT2D eigenvalue weighted by Gasteiger charge is -2.39. The van der Waals surface area contributed by atoms with E-state index in [2.05, 4.69) is 5.32 Å². The van der Waals surface area contributed by atoms with Gasteiger partial charge < -0.3 is 10.1 Å². The molecular formula is C16H21F3N2O2. The minimum atomic E-state index is -4.40. The summed E-state index contributed by atoms with van der Waals surface area (Å²) in [4.78, 5) is 13.8. The van der Waals surface area contributed by atoms with Gasteiger partial charge in [-0.2, -0.15) is 13.2 Å². The number of rotatable bonds is 3. The Morgan fingerprint density at radius 1 is 1.30 bits per heavy atom. The van der Waals surface area contributed by atoms with Crippen LogP contribution in [-0.4, -0.2) is 35.7 Å². The molecule has 0 saturated carbocycles. The summed E-state index contributed by atoms with van der Waals surface area (Å²) in [5.74, 6) is 0. The van der Waals surface area contributed by atoms with E-state index in [0.29, 0.717) is 18.7 Å². The molecule has 0 radical (unpaired) electrons. The lowest BCUT2D eigenvalue weighted by Crippen LogP contribution is -2.59. The molecule has 128 valence electrons. The summed E-state index contributed by atoms with van der Waals surface area (Å²) in [5, 5.41) is 3.05. The summed E-state index contributed by atoms with van der Waals surface area (Å²) in [6.07, 6.45) is -4.91. The van der Waals surface area contributed by atoms with Gasteiger partial charge in [0.15, 0.2) is 0 Å². The maximum Gasteiger partial charge on any atom is 0.416 e. The van der Waals surface area contributed by atoms with Gasteiger partial charge in [-0.3, -0.25) is 4.90 Å². The standard InChI is InChI=1S/C16H21F3N2O2/c1-15(2,3)23-14(22)21(13-8-20-9-13)10-11-5-4-6-12(7-11)16(17,18)19/h4-7,13,20H,8-10H2,1-3H3. The number of amides is 1. The molecule has 1 N–H and O–H groups in total. The first kappa shape index (κ1) is 17.6. The van der Waals surface area contributed by atoms with Crippen LogP contribution in [0.1, 0.15) is 31.9 Å². The van der Waals surface area contributed by atoms with Crippen molar-refractivity contribution in [3.8, 4) is 0 Å². The van der Waals surface area contributed by atoms with Gasteiger partial charge in [-0.15, -0.1) is 0 Å². The second-order valence-corrected chi connectivity index (χ2v) is 6.62. The third kappa shape index (κ3) is 4.86. The third-order valence-electron chi connectivity index (χ3n) is 3.44. The molecule has 1 fully saturated rings. The van der Waals surface area contributed by atoms with Gasteiger partial charge >= 0.3 is 12.3 Å². The van der Waals surface area contributed by atoms with Crippen LogP contribution in [0.2, 0.25) is 0 Å². The molecule has 1 aliphatic heterocycles. The molecule has 23 heavy (non-hydrogen) atoms. The van der Waals surface area contributed by atoms with Gasteiger partial charge in [-0.25, -0.2) is 4.79 Å². The van der Waals surface area contributed by atoms with Crippen LogP contribution in [0.3, 0.4) is 0 Å². The molecule has 7 heteroatoms. The quantitative estimate of drug-likeness (QED) is 0.923. The van der Waals surface area contributed by atoms with Crippen molar-refractivity contribution in [2.75, 3.05) is 13.1 Å². The summed E-state index contributed by atoms with van der Waals surface area (Å²) < 4.78 is 43.8. The van der Waals surface area contributed by atoms with E-state index >= 15 is 0 Å². The molecule has 0 unspecified atom stereocenters. The zero-order chi connectivity index (χ0) is 17.3. The first-order valence-corrected chi connectivity index (χ1v) is 7.43. The minimum absolute atomic E-state index is 0.0700. The average molecular weight is 330 g/mol. The maximum absolute atomic E-state index is 12.8. The highest BCUT2D eigenvalue weighted by atomic mass is 19.4. The second-order valence-electron chi connectivity index (χ2n) is 6.62. The van der Waals surface area contributed by atoms with Crippen molar-refractivity contribution in [2.45, 2.75) is 45.1 Å². The molecule has 0 aliphatic carbocycles. The number of nitrogens with one attached hydrogen (secondary N) is 1. The smallest absolute Gasteiger partial charge is 0.416 e. The molecule has 1 aromatic carbocycles. The van der Waals surface area contributed by atoms with Gasteiger partial charge in [0, 0.05) is 19.6 Å². The summed E-state index contributed by atoms with van der Waals surface area (Å²) in [5.41, 5.74) is -0.941. The number of ether oxygens (including phenoxy) is 1. The van der Waals surface area contributed by atoms with Gasteiger partial charge in [0.2, 0.25) is 0 Å². The van der Waals surface area contributed by atoms with Crippen molar-refractivity contribution in [2.24, 2.45) is 0 Å². The Bertz CT molecular complexity index is 563. The Kier molecular flexibility index (Phi) is 4.89. The molecule has 0 aromatic heterocycles. The number of hydrogen-bond donors (Lipinski definition) is 1. The fourth-order valence-corrected chi connectivity index (χ4v) is 2.20. The Balaban J connectivity index is 2.16. The molecular weight excluding hydrogens is 309 g/mol. The fraction of sp³-hybridized carbons (Fsp3) is 0.562. The van der Waals surface area contributed by atoms with Gasteiger partial charge in [-0.05, 0) is 38.5 Å². The predicted molar refractivity (Wildman–Crippen MR) is 79.9 cm³/mol. The summed E-state index contributed by atoms with van der Waals surface area (Å²) in [6.45, 7) is 6.58.